The van der Waals surface area contributed by atoms with Gasteiger partial charge < -0.3 is 10.5 Å². The van der Waals surface area contributed by atoms with Crippen molar-refractivity contribution in [2.45, 2.75) is 6.04 Å². The lowest BCUT2D eigenvalue weighted by Crippen LogP contribution is -2.14. The fourth-order valence-corrected chi connectivity index (χ4v) is 4.22. The van der Waals surface area contributed by atoms with Gasteiger partial charge in [0.2, 0.25) is 0 Å². The Kier molecular flexibility index (Phi) is 5.06. The average Bonchev–Trinajstić information content (AvgIpc) is 3.11. The van der Waals surface area contributed by atoms with Gasteiger partial charge in [0, 0.05) is 27.7 Å². The smallest absolute Gasteiger partial charge is 0.126 e. The Labute approximate surface area is 185 Å². The van der Waals surface area contributed by atoms with Crippen molar-refractivity contribution < 1.29 is 5.21 Å². The molecule has 2 N–H and O–H groups in total. The first kappa shape index (κ1) is 19.2. The van der Waals surface area contributed by atoms with E-state index in [2.05, 4.69) is 10.3 Å². The molecule has 0 radical (unpaired) electrons. The van der Waals surface area contributed by atoms with Crippen LogP contribution >= 0.6 is 11.6 Å². The van der Waals surface area contributed by atoms with Gasteiger partial charge in [0.05, 0.1) is 17.3 Å². The summed E-state index contributed by atoms with van der Waals surface area (Å²) in [6.45, 7) is 0. The molecule has 4 nitrogen and oxygen atoms in total. The fourth-order valence-electron chi connectivity index (χ4n) is 4.02. The van der Waals surface area contributed by atoms with E-state index in [9.17, 15) is 5.21 Å². The summed E-state index contributed by atoms with van der Waals surface area (Å²) in [5, 5.41) is 16.4. The van der Waals surface area contributed by atoms with Crippen LogP contribution in [0.4, 0.5) is 5.82 Å². The lowest BCUT2D eigenvalue weighted by molar-refractivity contribution is 0.204. The second-order valence-corrected chi connectivity index (χ2v) is 7.74. The summed E-state index contributed by atoms with van der Waals surface area (Å²) in [5.41, 5.74) is 4.33. The molecule has 2 heterocycles. The van der Waals surface area contributed by atoms with Gasteiger partial charge in [-0.25, -0.2) is 4.98 Å². The predicted octanol–water partition coefficient (Wildman–Crippen LogP) is 6.80. The number of halogens is 1. The quantitative estimate of drug-likeness (QED) is 0.304. The van der Waals surface area contributed by atoms with Crippen LogP contribution in [-0.4, -0.2) is 14.9 Å². The van der Waals surface area contributed by atoms with Crippen LogP contribution in [-0.2, 0) is 0 Å². The summed E-state index contributed by atoms with van der Waals surface area (Å²) < 4.78 is 1.28. The maximum absolute atomic E-state index is 11.2. The van der Waals surface area contributed by atoms with Crippen LogP contribution in [0, 0.1) is 0 Å². The van der Waals surface area contributed by atoms with Crippen molar-refractivity contribution in [3.8, 4) is 11.3 Å². The van der Waals surface area contributed by atoms with E-state index < -0.39 is 0 Å². The first-order valence-electron chi connectivity index (χ1n) is 10.0. The number of fused-ring (bicyclic) bond motifs is 1. The molecule has 0 fully saturated rings. The standard InChI is InChI=1S/C26H20ClN3O/c27-20-12-8-11-19(17-20)25(29-23-15-6-7-16-28-23)24-21-13-4-5-14-22(21)30(31)26(24)18-9-2-1-3-10-18/h1-17,25,31H,(H,28,29). The third-order valence-electron chi connectivity index (χ3n) is 5.36. The zero-order valence-corrected chi connectivity index (χ0v) is 17.4. The Balaban J connectivity index is 1.80. The number of benzene rings is 3. The van der Waals surface area contributed by atoms with Gasteiger partial charge in [0.15, 0.2) is 0 Å². The molecule has 0 aliphatic heterocycles. The van der Waals surface area contributed by atoms with Crippen LogP contribution in [0.5, 0.6) is 0 Å². The number of hydrogen-bond acceptors (Lipinski definition) is 3. The second-order valence-electron chi connectivity index (χ2n) is 7.30. The Bertz CT molecular complexity index is 1330. The Hall–Kier alpha value is -3.76. The van der Waals surface area contributed by atoms with Gasteiger partial charge in [0.25, 0.3) is 0 Å². The highest BCUT2D eigenvalue weighted by Gasteiger charge is 2.27. The summed E-state index contributed by atoms with van der Waals surface area (Å²) >= 11 is 6.36. The molecule has 0 amide bonds. The van der Waals surface area contributed by atoms with Gasteiger partial charge in [-0.05, 0) is 35.9 Å². The number of para-hydroxylation sites is 1. The van der Waals surface area contributed by atoms with Gasteiger partial charge in [-0.3, -0.25) is 0 Å². The highest BCUT2D eigenvalue weighted by molar-refractivity contribution is 6.30. The van der Waals surface area contributed by atoms with Crippen LogP contribution < -0.4 is 5.32 Å². The lowest BCUT2D eigenvalue weighted by Gasteiger charge is -2.22. The van der Waals surface area contributed by atoms with Crippen molar-refractivity contribution >= 4 is 28.3 Å². The first-order chi connectivity index (χ1) is 15.2. The molecule has 2 aromatic heterocycles. The molecule has 5 rings (SSSR count). The average molecular weight is 426 g/mol. The van der Waals surface area contributed by atoms with E-state index in [-0.39, 0.29) is 6.04 Å². The molecule has 1 atom stereocenters. The monoisotopic (exact) mass is 425 g/mol. The molecular formula is C26H20ClN3O. The van der Waals surface area contributed by atoms with Gasteiger partial charge >= 0.3 is 0 Å². The number of anilines is 1. The minimum absolute atomic E-state index is 0.290. The molecule has 5 heteroatoms. The normalized spacial score (nSPS) is 12.0. The van der Waals surface area contributed by atoms with Crippen LogP contribution in [0.15, 0.2) is 103 Å². The molecule has 0 aliphatic carbocycles. The van der Waals surface area contributed by atoms with Crippen molar-refractivity contribution in [3.05, 3.63) is 119 Å². The molecule has 31 heavy (non-hydrogen) atoms. The van der Waals surface area contributed by atoms with Crippen molar-refractivity contribution in [1.82, 2.24) is 9.71 Å². The summed E-state index contributed by atoms with van der Waals surface area (Å²) in [7, 11) is 0. The Morgan fingerprint density at radius 3 is 2.39 bits per heavy atom. The fraction of sp³-hybridized carbons (Fsp3) is 0.0385. The minimum atomic E-state index is -0.290. The molecule has 0 bridgehead atoms. The molecule has 0 spiro atoms. The maximum Gasteiger partial charge on any atom is 0.126 e. The number of rotatable bonds is 5. The maximum atomic E-state index is 11.2. The van der Waals surface area contributed by atoms with Gasteiger partial charge in [-0.15, -0.1) is 0 Å². The van der Waals surface area contributed by atoms with Crippen molar-refractivity contribution in [2.24, 2.45) is 0 Å². The van der Waals surface area contributed by atoms with E-state index in [0.29, 0.717) is 5.02 Å². The minimum Gasteiger partial charge on any atom is -0.428 e. The third-order valence-corrected chi connectivity index (χ3v) is 5.60. The lowest BCUT2D eigenvalue weighted by atomic mass is 9.93. The van der Waals surface area contributed by atoms with Gasteiger partial charge in [-0.1, -0.05) is 78.3 Å². The Morgan fingerprint density at radius 2 is 1.61 bits per heavy atom. The largest absolute Gasteiger partial charge is 0.428 e. The number of nitrogens with one attached hydrogen (secondary N) is 1. The molecule has 0 saturated carbocycles. The van der Waals surface area contributed by atoms with Crippen molar-refractivity contribution in [1.29, 1.82) is 0 Å². The SMILES string of the molecule is On1c(-c2ccccc2)c(C(Nc2ccccn2)c2cccc(Cl)c2)c2ccccc21. The molecular weight excluding hydrogens is 406 g/mol. The molecule has 5 aromatic rings. The Morgan fingerprint density at radius 1 is 0.839 bits per heavy atom. The predicted molar refractivity (Wildman–Crippen MR) is 126 cm³/mol. The molecule has 3 aromatic carbocycles. The molecule has 152 valence electrons. The van der Waals surface area contributed by atoms with Gasteiger partial charge in [-0.2, -0.15) is 4.73 Å². The van der Waals surface area contributed by atoms with E-state index in [0.717, 1.165) is 39.1 Å². The van der Waals surface area contributed by atoms with Crippen LogP contribution in [0.25, 0.3) is 22.2 Å². The zero-order chi connectivity index (χ0) is 21.2. The van der Waals surface area contributed by atoms with E-state index in [1.165, 1.54) is 4.73 Å². The van der Waals surface area contributed by atoms with Crippen LogP contribution in [0.2, 0.25) is 5.02 Å². The van der Waals surface area contributed by atoms with Crippen LogP contribution in [0.1, 0.15) is 17.2 Å². The number of nitrogens with zero attached hydrogens (tertiary/aromatic N) is 2. The van der Waals surface area contributed by atoms with E-state index in [4.69, 9.17) is 11.6 Å². The molecule has 0 saturated heterocycles. The molecule has 0 aliphatic rings. The molecule has 1 unspecified atom stereocenters. The van der Waals surface area contributed by atoms with E-state index >= 15 is 0 Å². The topological polar surface area (TPSA) is 50.1 Å². The highest BCUT2D eigenvalue weighted by atomic mass is 35.5. The zero-order valence-electron chi connectivity index (χ0n) is 16.6. The summed E-state index contributed by atoms with van der Waals surface area (Å²) in [6, 6.07) is 31.0. The van der Waals surface area contributed by atoms with Crippen LogP contribution in [0.3, 0.4) is 0 Å². The third kappa shape index (κ3) is 3.62. The summed E-state index contributed by atoms with van der Waals surface area (Å²) in [5.74, 6) is 0.737. The number of hydrogen-bond donors (Lipinski definition) is 2. The first-order valence-corrected chi connectivity index (χ1v) is 10.4. The van der Waals surface area contributed by atoms with Gasteiger partial charge in [0.1, 0.15) is 5.82 Å². The summed E-state index contributed by atoms with van der Waals surface area (Å²) in [4.78, 5) is 4.47. The second kappa shape index (κ2) is 8.17. The highest BCUT2D eigenvalue weighted by Crippen LogP contribution is 2.41. The van der Waals surface area contributed by atoms with E-state index in [1.54, 1.807) is 6.20 Å². The van der Waals surface area contributed by atoms with E-state index in [1.807, 2.05) is 97.1 Å². The van der Waals surface area contributed by atoms with Crippen molar-refractivity contribution in [3.63, 3.8) is 0 Å². The number of aromatic nitrogens is 2. The number of pyridine rings is 1. The van der Waals surface area contributed by atoms with Crippen molar-refractivity contribution in [2.75, 3.05) is 5.32 Å². The summed E-state index contributed by atoms with van der Waals surface area (Å²) in [6.07, 6.45) is 1.75.